The smallest absolute Gasteiger partial charge is 0.398 e. The number of amides is 1. The van der Waals surface area contributed by atoms with Gasteiger partial charge in [0.15, 0.2) is 28.5 Å². The van der Waals surface area contributed by atoms with Crippen molar-refractivity contribution in [1.29, 1.82) is 0 Å². The monoisotopic (exact) mass is 1280 g/mol. The van der Waals surface area contributed by atoms with Crippen LogP contribution in [0.25, 0.3) is 21.5 Å². The second-order valence-corrected chi connectivity index (χ2v) is 24.8. The Morgan fingerprint density at radius 1 is 0.679 bits per heavy atom. The highest BCUT2D eigenvalue weighted by atomic mass is 35.5. The number of phenols is 2. The van der Waals surface area contributed by atoms with Crippen LogP contribution in [0.4, 0.5) is 51.7 Å². The van der Waals surface area contributed by atoms with Crippen LogP contribution in [0.3, 0.4) is 0 Å². The van der Waals surface area contributed by atoms with Gasteiger partial charge in [-0.3, -0.25) is 27.2 Å². The molecule has 0 aliphatic heterocycles. The highest BCUT2D eigenvalue weighted by Gasteiger charge is 2.25. The van der Waals surface area contributed by atoms with E-state index in [4.69, 9.17) is 31.9 Å². The van der Waals surface area contributed by atoms with Crippen LogP contribution in [-0.2, 0) is 74.8 Å². The molecule has 7 aromatic rings. The van der Waals surface area contributed by atoms with Crippen LogP contribution in [0.15, 0.2) is 138 Å². The number of nitrogens with one attached hydrogen (secondary N) is 3. The highest BCUT2D eigenvalue weighted by molar-refractivity contribution is 7.92. The summed E-state index contributed by atoms with van der Waals surface area (Å²) in [7, 11) is -24.7. The molecular weight excluding hydrogens is 1240 g/mol. The van der Waals surface area contributed by atoms with E-state index < -0.39 is 133 Å². The molecule has 0 aliphatic rings. The number of anilines is 5. The Morgan fingerprint density at radius 2 is 1.31 bits per heavy atom. The second-order valence-electron chi connectivity index (χ2n) is 15.8. The Balaban J connectivity index is 0.00000522. The first-order valence-electron chi connectivity index (χ1n) is 21.6. The Morgan fingerprint density at radius 3 is 1.93 bits per heavy atom. The lowest BCUT2D eigenvalue weighted by atomic mass is 10.0. The number of alkyl halides is 1. The largest absolute Gasteiger partial charge is 0.505 e. The van der Waals surface area contributed by atoms with Crippen LogP contribution in [-0.4, -0.2) is 120 Å². The number of benzene rings is 6. The predicted molar refractivity (Wildman–Crippen MR) is 292 cm³/mol. The summed E-state index contributed by atoms with van der Waals surface area (Å²) in [5.74, 6) is -5.24. The summed E-state index contributed by atoms with van der Waals surface area (Å²) in [6, 6.07) is 15.0. The maximum atomic E-state index is 12.6. The van der Waals surface area contributed by atoms with Crippen LogP contribution in [0.5, 0.6) is 11.5 Å². The van der Waals surface area contributed by atoms with Crippen molar-refractivity contribution >= 4 is 164 Å². The molecule has 1 atom stereocenters. The van der Waals surface area contributed by atoms with Crippen molar-refractivity contribution in [2.45, 2.75) is 26.5 Å². The van der Waals surface area contributed by atoms with E-state index in [1.54, 1.807) is 0 Å². The maximum Gasteiger partial charge on any atom is 0.398 e. The summed E-state index contributed by atoms with van der Waals surface area (Å²) in [5.41, 5.74) is -2.02. The number of sulfone groups is 1. The molecule has 9 N–H and O–H groups in total. The van der Waals surface area contributed by atoms with Crippen molar-refractivity contribution < 1.29 is 87.9 Å². The number of hydrogen-bond donors (Lipinski definition) is 9. The maximum absolute atomic E-state index is 12.6. The van der Waals surface area contributed by atoms with Crippen LogP contribution < -0.4 is 16.0 Å². The molecule has 1 heterocycles. The Hall–Kier alpha value is -7.30. The number of aryl methyl sites for hydroxylation is 1. The summed E-state index contributed by atoms with van der Waals surface area (Å²) in [4.78, 5) is 21.7. The standard InChI is InChI=1S/C41H34Cl2N10O20S6.C2H4/c1-20-12-22-14-27(76(60,61)62)17-30(34(22)38(56)35(20)52-51-29-9-5-25(16-31(29)77(63,64)65)44-33(54)18-74(57)72-11-10-42)46-41-48-39(43)47-40(49-41)45-24-4-8-28-21(13-24)15-32(78(66,67)68)36(37(28)55)53-50-23-2-6-26(7-3-23)75(58,59)19-73-79(69,70)71;1-2/h2-9,12-17,55-56H,10-11,18-19H2,1H3,(H,44,54)(H,60,61,62)(H,63,64,65)(H,66,67,68)(H,69,70,71)(H2,45,46,47,48,49);1-2H2. The van der Waals surface area contributed by atoms with Gasteiger partial charge in [-0.2, -0.15) is 53.7 Å². The summed E-state index contributed by atoms with van der Waals surface area (Å²) in [5, 5.41) is 45.4. The fraction of sp³-hybridized carbons (Fsp3) is 0.116. The van der Waals surface area contributed by atoms with E-state index in [2.05, 4.69) is 68.7 Å². The molecule has 0 bridgehead atoms. The van der Waals surface area contributed by atoms with Gasteiger partial charge in [0.05, 0.1) is 27.8 Å². The van der Waals surface area contributed by atoms with E-state index in [9.17, 15) is 75.0 Å². The van der Waals surface area contributed by atoms with Gasteiger partial charge in [-0.15, -0.1) is 40.1 Å². The SMILES string of the molecule is C=C.Cc1cc2cc(S(=O)(=O)O)cc(Nc3nc(Cl)nc(Nc4ccc5c(O)c(N=Nc6ccc(S(=O)(=O)COS(=O)(=O)O)cc6)c(S(=O)(=O)O)cc5c4)n3)c2c(O)c1N=Nc1ccc(NC(=O)CS(=O)OCCCl)cc1S(=O)(=O)O. The van der Waals surface area contributed by atoms with Crippen molar-refractivity contribution in [3.05, 3.63) is 109 Å². The van der Waals surface area contributed by atoms with Gasteiger partial charge in [-0.05, 0) is 120 Å². The van der Waals surface area contributed by atoms with Crippen molar-refractivity contribution in [3.63, 3.8) is 0 Å². The average molecular weight is 1280 g/mol. The van der Waals surface area contributed by atoms with Gasteiger partial charge in [-0.1, -0.05) is 0 Å². The molecule has 1 aromatic heterocycles. The van der Waals surface area contributed by atoms with Crippen molar-refractivity contribution in [1.82, 2.24) is 15.0 Å². The number of phenolic OH excluding ortho intramolecular Hbond substituents is 2. The molecule has 0 radical (unpaired) electrons. The topological polar surface area (TPSA) is 469 Å². The lowest BCUT2D eigenvalue weighted by Crippen LogP contribution is -2.21. The quantitative estimate of drug-likeness (QED) is 0.0143. The van der Waals surface area contributed by atoms with Crippen LogP contribution in [0, 0.1) is 6.92 Å². The van der Waals surface area contributed by atoms with Gasteiger partial charge < -0.3 is 26.2 Å². The third-order valence-electron chi connectivity index (χ3n) is 10.2. The van der Waals surface area contributed by atoms with E-state index in [1.165, 1.54) is 37.3 Å². The zero-order valence-electron chi connectivity index (χ0n) is 40.6. The first-order chi connectivity index (χ1) is 37.8. The van der Waals surface area contributed by atoms with Gasteiger partial charge in [0.1, 0.15) is 32.6 Å². The Kier molecular flexibility index (Phi) is 19.6. The summed E-state index contributed by atoms with van der Waals surface area (Å²) < 4.78 is 181. The number of azo groups is 2. The molecule has 0 saturated carbocycles. The lowest BCUT2D eigenvalue weighted by molar-refractivity contribution is -0.113. The van der Waals surface area contributed by atoms with Gasteiger partial charge >= 0.3 is 10.4 Å². The summed E-state index contributed by atoms with van der Waals surface area (Å²) in [6.45, 7) is 7.28. The normalized spacial score (nSPS) is 12.8. The predicted octanol–water partition coefficient (Wildman–Crippen LogP) is 7.82. The number of carbonyl (C=O) groups excluding carboxylic acids is 1. The van der Waals surface area contributed by atoms with Crippen molar-refractivity contribution in [2.75, 3.05) is 40.1 Å². The molecule has 1 amide bonds. The molecule has 7 rings (SSSR count). The summed E-state index contributed by atoms with van der Waals surface area (Å²) in [6.07, 6.45) is 0. The molecule has 0 fully saturated rings. The Labute approximate surface area is 471 Å². The second kappa shape index (κ2) is 25.2. The van der Waals surface area contributed by atoms with E-state index in [1.807, 2.05) is 0 Å². The first kappa shape index (κ1) is 62.9. The van der Waals surface area contributed by atoms with Crippen LogP contribution >= 0.6 is 23.2 Å². The molecule has 1 unspecified atom stereocenters. The number of aromatic nitrogens is 3. The van der Waals surface area contributed by atoms with E-state index in [0.717, 1.165) is 54.6 Å². The van der Waals surface area contributed by atoms with E-state index >= 15 is 0 Å². The number of hydrogen-bond acceptors (Lipinski definition) is 25. The fourth-order valence-electron chi connectivity index (χ4n) is 6.91. The molecule has 0 aliphatic carbocycles. The van der Waals surface area contributed by atoms with Gasteiger partial charge in [0.25, 0.3) is 30.4 Å². The molecule has 0 spiro atoms. The minimum atomic E-state index is -5.17. The number of carbonyl (C=O) groups is 1. The van der Waals surface area contributed by atoms with Crippen molar-refractivity contribution in [3.8, 4) is 11.5 Å². The van der Waals surface area contributed by atoms with Crippen molar-refractivity contribution in [2.24, 2.45) is 20.5 Å². The minimum Gasteiger partial charge on any atom is -0.505 e. The Bertz CT molecular complexity index is 4340. The molecule has 38 heteroatoms. The molecular formula is C43H38Cl2N10O20S6. The molecule has 0 saturated heterocycles. The zero-order chi connectivity index (χ0) is 60.0. The number of aromatic hydroxyl groups is 2. The van der Waals surface area contributed by atoms with Crippen LogP contribution in [0.1, 0.15) is 5.56 Å². The molecule has 6 aromatic carbocycles. The van der Waals surface area contributed by atoms with E-state index in [0.29, 0.717) is 0 Å². The number of fused-ring (bicyclic) bond motifs is 2. The van der Waals surface area contributed by atoms with Gasteiger partial charge in [-0.25, -0.2) is 16.8 Å². The summed E-state index contributed by atoms with van der Waals surface area (Å²) >= 11 is 9.68. The number of halogens is 2. The average Bonchev–Trinajstić information content (AvgIpc) is 3.36. The van der Waals surface area contributed by atoms with Gasteiger partial charge in [0, 0.05) is 28.0 Å². The molecule has 81 heavy (non-hydrogen) atoms. The van der Waals surface area contributed by atoms with E-state index in [-0.39, 0.29) is 74.0 Å². The third-order valence-corrected chi connectivity index (χ3v) is 16.0. The molecule has 30 nitrogen and oxygen atoms in total. The third kappa shape index (κ3) is 16.2. The fourth-order valence-corrected chi connectivity index (χ4v) is 11.4. The lowest BCUT2D eigenvalue weighted by Gasteiger charge is -2.15. The first-order valence-corrected chi connectivity index (χ1v) is 31.1. The number of nitrogens with zero attached hydrogens (tertiary/aromatic N) is 7. The van der Waals surface area contributed by atoms with Crippen LogP contribution in [0.2, 0.25) is 5.28 Å². The highest BCUT2D eigenvalue weighted by Crippen LogP contribution is 2.45. The minimum absolute atomic E-state index is 0.00163. The number of rotatable bonds is 21. The zero-order valence-corrected chi connectivity index (χ0v) is 47.0. The molecule has 430 valence electrons. The van der Waals surface area contributed by atoms with Gasteiger partial charge in [0.2, 0.25) is 32.9 Å².